The maximum absolute atomic E-state index is 14.3. The fourth-order valence-electron chi connectivity index (χ4n) is 3.12. The van der Waals surface area contributed by atoms with Gasteiger partial charge in [0.1, 0.15) is 5.82 Å². The first-order chi connectivity index (χ1) is 9.85. The summed E-state index contributed by atoms with van der Waals surface area (Å²) in [4.78, 5) is 13.8. The van der Waals surface area contributed by atoms with Crippen molar-refractivity contribution in [3.05, 3.63) is 23.5 Å². The van der Waals surface area contributed by atoms with Crippen molar-refractivity contribution in [2.75, 3.05) is 24.3 Å². The number of methoxy groups -OCH3 is 1. The van der Waals surface area contributed by atoms with Crippen LogP contribution in [0.3, 0.4) is 0 Å². The Kier molecular flexibility index (Phi) is 4.40. The number of nitrogen functional groups attached to an aromatic ring is 1. The lowest BCUT2D eigenvalue weighted by molar-refractivity contribution is 0.0602. The molecular weight excluding hydrogens is 271 g/mol. The fraction of sp³-hybridized carbons (Fsp3) is 0.562. The third kappa shape index (κ3) is 2.96. The molecule has 1 heterocycles. The number of nitrogens with two attached hydrogens (primary N) is 1. The standard InChI is InChI=1S/C16H23FN2O2/c1-9-5-10(2)11(3)19(8-9)15-6-12(16(20)21-4)14(18)7-13(15)17/h6-7,9-11H,5,8,18H2,1-4H3. The molecule has 3 atom stereocenters. The number of ether oxygens (including phenoxy) is 1. The van der Waals surface area contributed by atoms with Crippen LogP contribution in [-0.2, 0) is 4.74 Å². The van der Waals surface area contributed by atoms with E-state index in [-0.39, 0.29) is 17.3 Å². The van der Waals surface area contributed by atoms with Crippen LogP contribution in [0.1, 0.15) is 37.6 Å². The largest absolute Gasteiger partial charge is 0.465 e. The van der Waals surface area contributed by atoms with Crippen molar-refractivity contribution >= 4 is 17.3 Å². The molecule has 21 heavy (non-hydrogen) atoms. The topological polar surface area (TPSA) is 55.6 Å². The summed E-state index contributed by atoms with van der Waals surface area (Å²) in [6, 6.07) is 2.93. The summed E-state index contributed by atoms with van der Waals surface area (Å²) in [5.41, 5.74) is 6.47. The summed E-state index contributed by atoms with van der Waals surface area (Å²) < 4.78 is 19.0. The van der Waals surface area contributed by atoms with E-state index in [0.717, 1.165) is 13.0 Å². The number of nitrogens with zero attached hydrogens (tertiary/aromatic N) is 1. The van der Waals surface area contributed by atoms with E-state index in [0.29, 0.717) is 17.5 Å². The van der Waals surface area contributed by atoms with Gasteiger partial charge in [0, 0.05) is 18.3 Å². The molecule has 4 nitrogen and oxygen atoms in total. The molecule has 1 saturated heterocycles. The van der Waals surface area contributed by atoms with Gasteiger partial charge >= 0.3 is 5.97 Å². The van der Waals surface area contributed by atoms with Crippen LogP contribution in [0.15, 0.2) is 12.1 Å². The third-order valence-electron chi connectivity index (χ3n) is 4.43. The number of hydrogen-bond acceptors (Lipinski definition) is 4. The maximum atomic E-state index is 14.3. The normalized spacial score (nSPS) is 25.8. The number of anilines is 2. The first kappa shape index (κ1) is 15.6. The first-order valence-electron chi connectivity index (χ1n) is 7.29. The maximum Gasteiger partial charge on any atom is 0.340 e. The minimum atomic E-state index is -0.542. The second-order valence-corrected chi connectivity index (χ2v) is 6.09. The molecule has 5 heteroatoms. The lowest BCUT2D eigenvalue weighted by Crippen LogP contribution is -2.46. The van der Waals surface area contributed by atoms with Gasteiger partial charge in [0.25, 0.3) is 0 Å². The van der Waals surface area contributed by atoms with E-state index >= 15 is 0 Å². The molecule has 3 unspecified atom stereocenters. The van der Waals surface area contributed by atoms with Gasteiger partial charge in [-0.1, -0.05) is 13.8 Å². The van der Waals surface area contributed by atoms with Gasteiger partial charge in [0.2, 0.25) is 0 Å². The Balaban J connectivity index is 2.45. The number of carbonyl (C=O) groups excluding carboxylic acids is 1. The van der Waals surface area contributed by atoms with E-state index in [1.165, 1.54) is 19.2 Å². The zero-order valence-corrected chi connectivity index (χ0v) is 13.0. The zero-order chi connectivity index (χ0) is 15.7. The number of benzene rings is 1. The Labute approximate surface area is 125 Å². The number of carbonyl (C=O) groups is 1. The second-order valence-electron chi connectivity index (χ2n) is 6.09. The average Bonchev–Trinajstić information content (AvgIpc) is 2.42. The molecule has 0 amide bonds. The van der Waals surface area contributed by atoms with Crippen molar-refractivity contribution in [2.24, 2.45) is 11.8 Å². The average molecular weight is 294 g/mol. The molecule has 2 rings (SSSR count). The molecule has 1 aromatic carbocycles. The van der Waals surface area contributed by atoms with Gasteiger partial charge in [0.05, 0.1) is 18.4 Å². The highest BCUT2D eigenvalue weighted by atomic mass is 19.1. The highest BCUT2D eigenvalue weighted by Gasteiger charge is 2.31. The number of hydrogen-bond donors (Lipinski definition) is 1. The van der Waals surface area contributed by atoms with Crippen LogP contribution in [0, 0.1) is 17.7 Å². The van der Waals surface area contributed by atoms with E-state index in [1.807, 2.05) is 4.90 Å². The van der Waals surface area contributed by atoms with E-state index in [2.05, 4.69) is 20.8 Å². The Morgan fingerprint density at radius 3 is 2.67 bits per heavy atom. The van der Waals surface area contributed by atoms with E-state index in [4.69, 9.17) is 10.5 Å². The minimum absolute atomic E-state index is 0.105. The number of halogens is 1. The van der Waals surface area contributed by atoms with Crippen molar-refractivity contribution in [3.8, 4) is 0 Å². The highest BCUT2D eigenvalue weighted by Crippen LogP contribution is 2.34. The van der Waals surface area contributed by atoms with Crippen molar-refractivity contribution in [1.82, 2.24) is 0 Å². The molecule has 0 spiro atoms. The molecule has 0 bridgehead atoms. The van der Waals surface area contributed by atoms with Gasteiger partial charge in [-0.15, -0.1) is 0 Å². The Hall–Kier alpha value is -1.78. The molecule has 116 valence electrons. The molecule has 0 radical (unpaired) electrons. The lowest BCUT2D eigenvalue weighted by Gasteiger charge is -2.42. The summed E-state index contributed by atoms with van der Waals surface area (Å²) in [6.45, 7) is 7.19. The van der Waals surface area contributed by atoms with Crippen molar-refractivity contribution < 1.29 is 13.9 Å². The SMILES string of the molecule is COC(=O)c1cc(N2CC(C)CC(C)C2C)c(F)cc1N. The smallest absolute Gasteiger partial charge is 0.340 e. The molecule has 1 aliphatic rings. The Morgan fingerprint density at radius 2 is 2.05 bits per heavy atom. The molecule has 0 aliphatic carbocycles. The van der Waals surface area contributed by atoms with Gasteiger partial charge in [-0.2, -0.15) is 0 Å². The predicted octanol–water partition coefficient (Wildman–Crippen LogP) is 3.07. The quantitative estimate of drug-likeness (QED) is 0.673. The van der Waals surface area contributed by atoms with E-state index in [9.17, 15) is 9.18 Å². The monoisotopic (exact) mass is 294 g/mol. The van der Waals surface area contributed by atoms with Gasteiger partial charge in [0.15, 0.2) is 0 Å². The van der Waals surface area contributed by atoms with Crippen molar-refractivity contribution in [1.29, 1.82) is 0 Å². The summed E-state index contributed by atoms with van der Waals surface area (Å²) in [5, 5.41) is 0. The second kappa shape index (κ2) is 5.92. The summed E-state index contributed by atoms with van der Waals surface area (Å²) >= 11 is 0. The van der Waals surface area contributed by atoms with Crippen LogP contribution >= 0.6 is 0 Å². The van der Waals surface area contributed by atoms with Gasteiger partial charge in [-0.3, -0.25) is 0 Å². The fourth-order valence-corrected chi connectivity index (χ4v) is 3.12. The first-order valence-corrected chi connectivity index (χ1v) is 7.29. The molecule has 1 fully saturated rings. The van der Waals surface area contributed by atoms with Gasteiger partial charge < -0.3 is 15.4 Å². The van der Waals surface area contributed by atoms with Gasteiger partial charge in [-0.05, 0) is 37.3 Å². The molecular formula is C16H23FN2O2. The summed E-state index contributed by atoms with van der Waals surface area (Å²) in [5.74, 6) is 0.00909. The van der Waals surface area contributed by atoms with Crippen LogP contribution in [-0.4, -0.2) is 25.7 Å². The minimum Gasteiger partial charge on any atom is -0.465 e. The molecule has 0 saturated carbocycles. The summed E-state index contributed by atoms with van der Waals surface area (Å²) in [7, 11) is 1.29. The van der Waals surface area contributed by atoms with E-state index in [1.54, 1.807) is 0 Å². The zero-order valence-electron chi connectivity index (χ0n) is 13.0. The number of piperidine rings is 1. The van der Waals surface area contributed by atoms with Crippen molar-refractivity contribution in [3.63, 3.8) is 0 Å². The Bertz CT molecular complexity index is 547. The van der Waals surface area contributed by atoms with Gasteiger partial charge in [-0.25, -0.2) is 9.18 Å². The number of rotatable bonds is 2. The number of esters is 1. The molecule has 2 N–H and O–H groups in total. The van der Waals surface area contributed by atoms with Crippen LogP contribution in [0.4, 0.5) is 15.8 Å². The molecule has 1 aromatic rings. The summed E-state index contributed by atoms with van der Waals surface area (Å²) in [6.07, 6.45) is 1.12. The highest BCUT2D eigenvalue weighted by molar-refractivity contribution is 5.96. The van der Waals surface area contributed by atoms with E-state index < -0.39 is 11.8 Å². The van der Waals surface area contributed by atoms with Crippen molar-refractivity contribution in [2.45, 2.75) is 33.2 Å². The molecule has 0 aromatic heterocycles. The Morgan fingerprint density at radius 1 is 1.38 bits per heavy atom. The lowest BCUT2D eigenvalue weighted by atomic mass is 9.85. The molecule has 1 aliphatic heterocycles. The third-order valence-corrected chi connectivity index (χ3v) is 4.43. The predicted molar refractivity (Wildman–Crippen MR) is 81.9 cm³/mol. The van der Waals surface area contributed by atoms with Crippen LogP contribution in [0.25, 0.3) is 0 Å². The van der Waals surface area contributed by atoms with Crippen LogP contribution < -0.4 is 10.6 Å². The van der Waals surface area contributed by atoms with Crippen LogP contribution in [0.5, 0.6) is 0 Å². The van der Waals surface area contributed by atoms with Crippen LogP contribution in [0.2, 0.25) is 0 Å².